The fourth-order valence-corrected chi connectivity index (χ4v) is 2.95. The van der Waals surface area contributed by atoms with Gasteiger partial charge in [-0.3, -0.25) is 4.79 Å². The van der Waals surface area contributed by atoms with Crippen molar-refractivity contribution in [2.24, 2.45) is 11.3 Å². The molecule has 2 aliphatic heterocycles. The van der Waals surface area contributed by atoms with E-state index < -0.39 is 11.4 Å². The van der Waals surface area contributed by atoms with E-state index in [2.05, 4.69) is 6.92 Å². The standard InChI is InChI=1S/C14H24N2O3/c1-11-4-3-7-15(8-5-11)13(19)16-9-6-14(2,10-16)12(17)18/h11H,3-10H2,1-2H3,(H,17,18). The molecule has 108 valence electrons. The zero-order chi connectivity index (χ0) is 14.0. The minimum Gasteiger partial charge on any atom is -0.481 e. The summed E-state index contributed by atoms with van der Waals surface area (Å²) in [4.78, 5) is 27.3. The second-order valence-electron chi connectivity index (χ2n) is 6.34. The van der Waals surface area contributed by atoms with Crippen molar-refractivity contribution in [3.8, 4) is 0 Å². The number of urea groups is 1. The highest BCUT2D eigenvalue weighted by molar-refractivity contribution is 5.79. The van der Waals surface area contributed by atoms with Crippen molar-refractivity contribution in [3.63, 3.8) is 0 Å². The number of aliphatic carboxylic acids is 1. The van der Waals surface area contributed by atoms with Gasteiger partial charge in [-0.25, -0.2) is 4.79 Å². The minimum absolute atomic E-state index is 0.0269. The second-order valence-corrected chi connectivity index (χ2v) is 6.34. The van der Waals surface area contributed by atoms with Crippen LogP contribution in [0.1, 0.15) is 39.5 Å². The summed E-state index contributed by atoms with van der Waals surface area (Å²) < 4.78 is 0. The highest BCUT2D eigenvalue weighted by Gasteiger charge is 2.43. The molecule has 5 heteroatoms. The third-order valence-corrected chi connectivity index (χ3v) is 4.55. The smallest absolute Gasteiger partial charge is 0.320 e. The maximum atomic E-state index is 12.4. The molecule has 2 unspecified atom stereocenters. The lowest BCUT2D eigenvalue weighted by Crippen LogP contribution is -2.44. The predicted molar refractivity (Wildman–Crippen MR) is 71.9 cm³/mol. The van der Waals surface area contributed by atoms with Crippen LogP contribution in [0.4, 0.5) is 4.79 Å². The lowest BCUT2D eigenvalue weighted by Gasteiger charge is -2.28. The number of carbonyl (C=O) groups excluding carboxylic acids is 1. The molecule has 0 spiro atoms. The van der Waals surface area contributed by atoms with E-state index in [0.29, 0.717) is 25.4 Å². The number of nitrogens with zero attached hydrogens (tertiary/aromatic N) is 2. The van der Waals surface area contributed by atoms with E-state index in [1.165, 1.54) is 6.42 Å². The van der Waals surface area contributed by atoms with Crippen molar-refractivity contribution in [1.82, 2.24) is 9.80 Å². The number of rotatable bonds is 1. The maximum Gasteiger partial charge on any atom is 0.320 e. The Morgan fingerprint density at radius 1 is 1.16 bits per heavy atom. The van der Waals surface area contributed by atoms with E-state index in [1.807, 2.05) is 4.90 Å². The van der Waals surface area contributed by atoms with Crippen LogP contribution in [0.3, 0.4) is 0 Å². The van der Waals surface area contributed by atoms with Crippen LogP contribution in [0.5, 0.6) is 0 Å². The molecule has 0 aromatic rings. The Kier molecular flexibility index (Phi) is 4.02. The molecular formula is C14H24N2O3. The second kappa shape index (κ2) is 5.39. The fraction of sp³-hybridized carbons (Fsp3) is 0.857. The van der Waals surface area contributed by atoms with E-state index in [4.69, 9.17) is 0 Å². The average Bonchev–Trinajstić information content (AvgIpc) is 2.64. The van der Waals surface area contributed by atoms with E-state index >= 15 is 0 Å². The van der Waals surface area contributed by atoms with Crippen LogP contribution in [0.15, 0.2) is 0 Å². The van der Waals surface area contributed by atoms with Crippen LogP contribution in [-0.2, 0) is 4.79 Å². The molecule has 2 rings (SSSR count). The Labute approximate surface area is 114 Å². The van der Waals surface area contributed by atoms with Gasteiger partial charge in [-0.05, 0) is 38.5 Å². The van der Waals surface area contributed by atoms with Crippen LogP contribution in [0, 0.1) is 11.3 Å². The van der Waals surface area contributed by atoms with Gasteiger partial charge < -0.3 is 14.9 Å². The molecule has 0 bridgehead atoms. The van der Waals surface area contributed by atoms with Gasteiger partial charge in [0, 0.05) is 26.2 Å². The van der Waals surface area contributed by atoms with Gasteiger partial charge >= 0.3 is 12.0 Å². The molecule has 2 fully saturated rings. The molecule has 2 aliphatic rings. The summed E-state index contributed by atoms with van der Waals surface area (Å²) in [5, 5.41) is 9.21. The SMILES string of the molecule is CC1CCCN(C(=O)N2CCC(C)(C(=O)O)C2)CC1. The lowest BCUT2D eigenvalue weighted by molar-refractivity contribution is -0.147. The predicted octanol–water partition coefficient (Wildman–Crippen LogP) is 2.03. The molecule has 0 radical (unpaired) electrons. The van der Waals surface area contributed by atoms with Crippen LogP contribution in [0.2, 0.25) is 0 Å². The number of hydrogen-bond acceptors (Lipinski definition) is 2. The largest absolute Gasteiger partial charge is 0.481 e. The van der Waals surface area contributed by atoms with Crippen LogP contribution < -0.4 is 0 Å². The van der Waals surface area contributed by atoms with E-state index in [-0.39, 0.29) is 6.03 Å². The number of likely N-dealkylation sites (tertiary alicyclic amines) is 2. The van der Waals surface area contributed by atoms with Gasteiger partial charge in [0.05, 0.1) is 5.41 Å². The molecule has 2 atom stereocenters. The van der Waals surface area contributed by atoms with Gasteiger partial charge in [-0.2, -0.15) is 0 Å². The van der Waals surface area contributed by atoms with Gasteiger partial charge in [0.2, 0.25) is 0 Å². The normalized spacial score (nSPS) is 32.2. The number of amides is 2. The molecule has 5 nitrogen and oxygen atoms in total. The molecule has 0 aromatic heterocycles. The minimum atomic E-state index is -0.799. The van der Waals surface area contributed by atoms with Crippen LogP contribution in [-0.4, -0.2) is 53.1 Å². The molecule has 2 saturated heterocycles. The summed E-state index contributed by atoms with van der Waals surface area (Å²) in [5.74, 6) is -0.118. The van der Waals surface area contributed by atoms with Crippen molar-refractivity contribution < 1.29 is 14.7 Å². The highest BCUT2D eigenvalue weighted by atomic mass is 16.4. The van der Waals surface area contributed by atoms with Gasteiger partial charge in [-0.15, -0.1) is 0 Å². The molecule has 19 heavy (non-hydrogen) atoms. The van der Waals surface area contributed by atoms with Crippen molar-refractivity contribution in [1.29, 1.82) is 0 Å². The van der Waals surface area contributed by atoms with Crippen molar-refractivity contribution >= 4 is 12.0 Å². The highest BCUT2D eigenvalue weighted by Crippen LogP contribution is 2.31. The zero-order valence-corrected chi connectivity index (χ0v) is 11.9. The summed E-state index contributed by atoms with van der Waals surface area (Å²) in [6.07, 6.45) is 3.83. The molecule has 0 saturated carbocycles. The van der Waals surface area contributed by atoms with Gasteiger partial charge in [0.1, 0.15) is 0 Å². The first-order chi connectivity index (χ1) is 8.92. The first-order valence-electron chi connectivity index (χ1n) is 7.19. The maximum absolute atomic E-state index is 12.4. The Morgan fingerprint density at radius 2 is 1.89 bits per heavy atom. The topological polar surface area (TPSA) is 60.9 Å². The molecule has 1 N–H and O–H groups in total. The van der Waals surface area contributed by atoms with E-state index in [9.17, 15) is 14.7 Å². The van der Waals surface area contributed by atoms with E-state index in [1.54, 1.807) is 11.8 Å². The molecule has 2 amide bonds. The Morgan fingerprint density at radius 3 is 2.53 bits per heavy atom. The van der Waals surface area contributed by atoms with Gasteiger partial charge in [-0.1, -0.05) is 6.92 Å². The summed E-state index contributed by atoms with van der Waals surface area (Å²) in [6, 6.07) is 0.0269. The number of carbonyl (C=O) groups is 2. The number of carboxylic acids is 1. The molecule has 0 aromatic carbocycles. The first kappa shape index (κ1) is 14.2. The summed E-state index contributed by atoms with van der Waals surface area (Å²) >= 11 is 0. The fourth-order valence-electron chi connectivity index (χ4n) is 2.95. The average molecular weight is 268 g/mol. The Bertz CT molecular complexity index is 372. The third kappa shape index (κ3) is 3.01. The Balaban J connectivity index is 1.95. The summed E-state index contributed by atoms with van der Waals surface area (Å²) in [6.45, 7) is 6.48. The summed E-state index contributed by atoms with van der Waals surface area (Å²) in [5.41, 5.74) is -0.769. The monoisotopic (exact) mass is 268 g/mol. The van der Waals surface area contributed by atoms with E-state index in [0.717, 1.165) is 25.9 Å². The molecule has 2 heterocycles. The quantitative estimate of drug-likeness (QED) is 0.791. The number of hydrogen-bond donors (Lipinski definition) is 1. The van der Waals surface area contributed by atoms with Crippen LogP contribution in [0.25, 0.3) is 0 Å². The van der Waals surface area contributed by atoms with Crippen molar-refractivity contribution in [2.75, 3.05) is 26.2 Å². The lowest BCUT2D eigenvalue weighted by atomic mass is 9.90. The molecular weight excluding hydrogens is 244 g/mol. The first-order valence-corrected chi connectivity index (χ1v) is 7.19. The zero-order valence-electron chi connectivity index (χ0n) is 11.9. The van der Waals surface area contributed by atoms with Crippen molar-refractivity contribution in [3.05, 3.63) is 0 Å². The number of carboxylic acid groups (broad SMARTS) is 1. The summed E-state index contributed by atoms with van der Waals surface area (Å²) in [7, 11) is 0. The molecule has 0 aliphatic carbocycles. The van der Waals surface area contributed by atoms with Gasteiger partial charge in [0.25, 0.3) is 0 Å². The van der Waals surface area contributed by atoms with Crippen molar-refractivity contribution in [2.45, 2.75) is 39.5 Å². The van der Waals surface area contributed by atoms with Crippen LogP contribution >= 0.6 is 0 Å². The Hall–Kier alpha value is -1.26. The van der Waals surface area contributed by atoms with Gasteiger partial charge in [0.15, 0.2) is 0 Å². The third-order valence-electron chi connectivity index (χ3n) is 4.55.